The number of nitrogens with one attached hydrogen (secondary N) is 1. The molecule has 0 radical (unpaired) electrons. The first-order valence-electron chi connectivity index (χ1n) is 5.71. The van der Waals surface area contributed by atoms with E-state index >= 15 is 0 Å². The van der Waals surface area contributed by atoms with Crippen LogP contribution in [0.25, 0.3) is 0 Å². The number of rotatable bonds is 2. The lowest BCUT2D eigenvalue weighted by Crippen LogP contribution is -2.30. The molecule has 0 aromatic carbocycles. The lowest BCUT2D eigenvalue weighted by molar-refractivity contribution is -0.141. The van der Waals surface area contributed by atoms with Gasteiger partial charge in [0.05, 0.1) is 7.11 Å². The summed E-state index contributed by atoms with van der Waals surface area (Å²) in [5.41, 5.74) is -0.949. The molecular weight excluding hydrogens is 247 g/mol. The molecule has 1 atom stereocenters. The molecule has 1 saturated heterocycles. The molecule has 4 nitrogen and oxygen atoms in total. The van der Waals surface area contributed by atoms with E-state index in [0.717, 1.165) is 25.5 Å². The molecule has 1 aromatic heterocycles. The van der Waals surface area contributed by atoms with Gasteiger partial charge in [-0.15, -0.1) is 0 Å². The van der Waals surface area contributed by atoms with E-state index < -0.39 is 11.9 Å². The molecule has 1 unspecified atom stereocenters. The highest BCUT2D eigenvalue weighted by Gasteiger charge is 2.34. The van der Waals surface area contributed by atoms with Gasteiger partial charge in [-0.3, -0.25) is 0 Å². The fraction of sp³-hybridized carbons (Fsp3) is 0.636. The number of alkyl halides is 3. The molecule has 18 heavy (non-hydrogen) atoms. The van der Waals surface area contributed by atoms with E-state index in [9.17, 15) is 13.2 Å². The van der Waals surface area contributed by atoms with Crippen LogP contribution in [0.1, 0.15) is 30.3 Å². The van der Waals surface area contributed by atoms with Crippen LogP contribution in [0.4, 0.5) is 13.2 Å². The maximum absolute atomic E-state index is 12.7. The summed E-state index contributed by atoms with van der Waals surface area (Å²) in [5, 5.41) is 3.13. The van der Waals surface area contributed by atoms with Crippen LogP contribution in [0, 0.1) is 0 Å². The predicted octanol–water partition coefficient (Wildman–Crippen LogP) is 1.97. The normalized spacial score (nSPS) is 20.8. The first-order valence-corrected chi connectivity index (χ1v) is 5.71. The molecule has 1 aliphatic rings. The standard InChI is InChI=1S/C11H14F3N3O/c1-18-9-5-8(11(12,13)14)16-10(17-9)7-3-2-4-15-6-7/h5,7,15H,2-4,6H2,1H3. The number of methoxy groups -OCH3 is 1. The molecule has 0 saturated carbocycles. The van der Waals surface area contributed by atoms with E-state index in [-0.39, 0.29) is 17.6 Å². The summed E-state index contributed by atoms with van der Waals surface area (Å²) in [7, 11) is 1.30. The van der Waals surface area contributed by atoms with Crippen molar-refractivity contribution in [3.63, 3.8) is 0 Å². The zero-order chi connectivity index (χ0) is 13.2. The number of aromatic nitrogens is 2. The highest BCUT2D eigenvalue weighted by Crippen LogP contribution is 2.31. The summed E-state index contributed by atoms with van der Waals surface area (Å²) >= 11 is 0. The van der Waals surface area contributed by atoms with E-state index in [0.29, 0.717) is 6.54 Å². The van der Waals surface area contributed by atoms with Crippen molar-refractivity contribution in [3.05, 3.63) is 17.6 Å². The molecule has 0 bridgehead atoms. The van der Waals surface area contributed by atoms with Crippen molar-refractivity contribution in [2.45, 2.75) is 24.9 Å². The van der Waals surface area contributed by atoms with Gasteiger partial charge in [0.25, 0.3) is 0 Å². The van der Waals surface area contributed by atoms with Crippen LogP contribution in [0.5, 0.6) is 5.88 Å². The van der Waals surface area contributed by atoms with Gasteiger partial charge < -0.3 is 10.1 Å². The smallest absolute Gasteiger partial charge is 0.433 e. The minimum atomic E-state index is -4.48. The average molecular weight is 261 g/mol. The van der Waals surface area contributed by atoms with Gasteiger partial charge >= 0.3 is 6.18 Å². The molecule has 1 aliphatic heterocycles. The Morgan fingerprint density at radius 3 is 2.72 bits per heavy atom. The van der Waals surface area contributed by atoms with Gasteiger partial charge in [-0.2, -0.15) is 18.2 Å². The van der Waals surface area contributed by atoms with Crippen LogP contribution in [-0.2, 0) is 6.18 Å². The molecule has 0 aliphatic carbocycles. The second-order valence-corrected chi connectivity index (χ2v) is 4.19. The molecule has 7 heteroatoms. The topological polar surface area (TPSA) is 47.0 Å². The molecule has 1 N–H and O–H groups in total. The van der Waals surface area contributed by atoms with Gasteiger partial charge in [-0.1, -0.05) is 0 Å². The first kappa shape index (κ1) is 13.1. The third-order valence-electron chi connectivity index (χ3n) is 2.88. The van der Waals surface area contributed by atoms with Gasteiger partial charge in [0.1, 0.15) is 5.82 Å². The van der Waals surface area contributed by atoms with E-state index in [2.05, 4.69) is 15.3 Å². The van der Waals surface area contributed by atoms with Crippen LogP contribution in [-0.4, -0.2) is 30.2 Å². The Balaban J connectivity index is 2.34. The van der Waals surface area contributed by atoms with Crippen LogP contribution < -0.4 is 10.1 Å². The average Bonchev–Trinajstić information content (AvgIpc) is 2.38. The zero-order valence-electron chi connectivity index (χ0n) is 9.92. The van der Waals surface area contributed by atoms with Crippen molar-refractivity contribution in [3.8, 4) is 5.88 Å². The molecular formula is C11H14F3N3O. The van der Waals surface area contributed by atoms with Crippen molar-refractivity contribution in [1.29, 1.82) is 0 Å². The Labute approximate surface area is 103 Å². The molecule has 1 aromatic rings. The molecule has 0 spiro atoms. The third kappa shape index (κ3) is 2.90. The minimum Gasteiger partial charge on any atom is -0.481 e. The zero-order valence-corrected chi connectivity index (χ0v) is 9.92. The highest BCUT2D eigenvalue weighted by atomic mass is 19.4. The summed E-state index contributed by atoms with van der Waals surface area (Å²) in [6, 6.07) is 0.819. The van der Waals surface area contributed by atoms with Gasteiger partial charge in [-0.25, -0.2) is 4.98 Å². The van der Waals surface area contributed by atoms with Gasteiger partial charge in [-0.05, 0) is 19.4 Å². The van der Waals surface area contributed by atoms with Crippen LogP contribution in [0.2, 0.25) is 0 Å². The summed E-state index contributed by atoms with van der Waals surface area (Å²) in [4.78, 5) is 7.64. The van der Waals surface area contributed by atoms with E-state index in [1.807, 2.05) is 0 Å². The van der Waals surface area contributed by atoms with E-state index in [1.165, 1.54) is 7.11 Å². The van der Waals surface area contributed by atoms with Gasteiger partial charge in [0, 0.05) is 18.5 Å². The Kier molecular flexibility index (Phi) is 3.70. The number of hydrogen-bond donors (Lipinski definition) is 1. The van der Waals surface area contributed by atoms with Crippen molar-refractivity contribution in [2.24, 2.45) is 0 Å². The Bertz CT molecular complexity index is 416. The lowest BCUT2D eigenvalue weighted by Gasteiger charge is -2.22. The van der Waals surface area contributed by atoms with Crippen molar-refractivity contribution >= 4 is 0 Å². The maximum atomic E-state index is 12.7. The van der Waals surface area contributed by atoms with Crippen LogP contribution in [0.15, 0.2) is 6.07 Å². The summed E-state index contributed by atoms with van der Waals surface area (Å²) in [6.45, 7) is 1.48. The Hall–Kier alpha value is -1.37. The second-order valence-electron chi connectivity index (χ2n) is 4.19. The fourth-order valence-electron chi connectivity index (χ4n) is 1.95. The maximum Gasteiger partial charge on any atom is 0.433 e. The van der Waals surface area contributed by atoms with Gasteiger partial charge in [0.2, 0.25) is 5.88 Å². The van der Waals surface area contributed by atoms with Crippen molar-refractivity contribution in [2.75, 3.05) is 20.2 Å². The van der Waals surface area contributed by atoms with Crippen molar-refractivity contribution in [1.82, 2.24) is 15.3 Å². The predicted molar refractivity (Wildman–Crippen MR) is 58.4 cm³/mol. The quantitative estimate of drug-likeness (QED) is 0.884. The van der Waals surface area contributed by atoms with Gasteiger partial charge in [0.15, 0.2) is 5.69 Å². The number of halogens is 3. The van der Waals surface area contributed by atoms with E-state index in [1.54, 1.807) is 0 Å². The SMILES string of the molecule is COc1cc(C(F)(F)F)nc(C2CCCNC2)n1. The Morgan fingerprint density at radius 1 is 1.39 bits per heavy atom. The molecule has 1 fully saturated rings. The molecule has 0 amide bonds. The van der Waals surface area contributed by atoms with Crippen LogP contribution >= 0.6 is 0 Å². The molecule has 2 rings (SSSR count). The number of ether oxygens (including phenoxy) is 1. The summed E-state index contributed by atoms with van der Waals surface area (Å²) in [5.74, 6) is 0.0710. The minimum absolute atomic E-state index is 0.0436. The largest absolute Gasteiger partial charge is 0.481 e. The fourth-order valence-corrected chi connectivity index (χ4v) is 1.95. The lowest BCUT2D eigenvalue weighted by atomic mass is 9.99. The van der Waals surface area contributed by atoms with E-state index in [4.69, 9.17) is 4.74 Å². The molecule has 2 heterocycles. The Morgan fingerprint density at radius 2 is 2.17 bits per heavy atom. The number of hydrogen-bond acceptors (Lipinski definition) is 4. The monoisotopic (exact) mass is 261 g/mol. The second kappa shape index (κ2) is 5.09. The van der Waals surface area contributed by atoms with Crippen LogP contribution in [0.3, 0.4) is 0 Å². The summed E-state index contributed by atoms with van der Waals surface area (Å²) < 4.78 is 42.9. The third-order valence-corrected chi connectivity index (χ3v) is 2.88. The number of piperidine rings is 1. The number of nitrogens with zero attached hydrogens (tertiary/aromatic N) is 2. The summed E-state index contributed by atoms with van der Waals surface area (Å²) in [6.07, 6.45) is -2.78. The first-order chi connectivity index (χ1) is 8.50. The van der Waals surface area contributed by atoms with Crippen molar-refractivity contribution < 1.29 is 17.9 Å². The molecule has 100 valence electrons. The highest BCUT2D eigenvalue weighted by molar-refractivity contribution is 5.20.